The van der Waals surface area contributed by atoms with Crippen molar-refractivity contribution < 1.29 is 19.1 Å². The van der Waals surface area contributed by atoms with Gasteiger partial charge in [0.25, 0.3) is 5.91 Å². The van der Waals surface area contributed by atoms with E-state index in [1.54, 1.807) is 18.2 Å². The molecule has 0 fully saturated rings. The first-order chi connectivity index (χ1) is 12.6. The molecule has 0 spiro atoms. The van der Waals surface area contributed by atoms with E-state index in [1.165, 1.54) is 6.08 Å². The lowest BCUT2D eigenvalue weighted by Crippen LogP contribution is -2.26. The topological polar surface area (TPSA) is 89.5 Å². The van der Waals surface area contributed by atoms with Crippen molar-refractivity contribution in [1.82, 2.24) is 4.98 Å². The number of anilines is 2. The average Bonchev–Trinajstić information content (AvgIpc) is 2.65. The molecule has 2 heterocycles. The van der Waals surface area contributed by atoms with Crippen molar-refractivity contribution >= 4 is 29.5 Å². The number of aromatic nitrogens is 1. The summed E-state index contributed by atoms with van der Waals surface area (Å²) in [7, 11) is 0. The van der Waals surface area contributed by atoms with Crippen LogP contribution in [0.2, 0.25) is 0 Å². The molecule has 0 atom stereocenters. The lowest BCUT2D eigenvalue weighted by Gasteiger charge is -2.17. The van der Waals surface area contributed by atoms with Crippen molar-refractivity contribution in [3.8, 4) is 11.5 Å². The summed E-state index contributed by atoms with van der Waals surface area (Å²) in [5.74, 6) is 1.30. The third kappa shape index (κ3) is 4.60. The van der Waals surface area contributed by atoms with Gasteiger partial charge in [-0.05, 0) is 42.3 Å². The van der Waals surface area contributed by atoms with Gasteiger partial charge in [-0.1, -0.05) is 19.1 Å². The van der Waals surface area contributed by atoms with E-state index in [0.717, 1.165) is 17.7 Å². The molecule has 0 bridgehead atoms. The first-order valence-electron chi connectivity index (χ1n) is 8.29. The number of amides is 2. The molecule has 0 saturated carbocycles. The molecule has 7 heteroatoms. The Hall–Kier alpha value is -3.35. The maximum atomic E-state index is 12.0. The quantitative estimate of drug-likeness (QED) is 0.780. The maximum absolute atomic E-state index is 12.0. The second-order valence-electron chi connectivity index (χ2n) is 5.62. The molecule has 1 aromatic carbocycles. The van der Waals surface area contributed by atoms with Crippen molar-refractivity contribution in [2.75, 3.05) is 23.8 Å². The van der Waals surface area contributed by atoms with Gasteiger partial charge < -0.3 is 20.1 Å². The SMILES string of the molecule is CCCOc1ccc(/C=C/C(=O)Nc2ccc3c(n2)NC(=O)CO3)cc1. The Labute approximate surface area is 151 Å². The molecule has 26 heavy (non-hydrogen) atoms. The van der Waals surface area contributed by atoms with E-state index in [1.807, 2.05) is 31.2 Å². The highest BCUT2D eigenvalue weighted by atomic mass is 16.5. The first kappa shape index (κ1) is 17.5. The van der Waals surface area contributed by atoms with Crippen LogP contribution in [0.15, 0.2) is 42.5 Å². The molecule has 0 aliphatic carbocycles. The number of carbonyl (C=O) groups is 2. The Morgan fingerprint density at radius 2 is 2.12 bits per heavy atom. The first-order valence-corrected chi connectivity index (χ1v) is 8.29. The molecular weight excluding hydrogens is 334 g/mol. The van der Waals surface area contributed by atoms with E-state index in [9.17, 15) is 9.59 Å². The van der Waals surface area contributed by atoms with Crippen molar-refractivity contribution in [3.05, 3.63) is 48.0 Å². The van der Waals surface area contributed by atoms with Gasteiger partial charge in [0.2, 0.25) is 5.91 Å². The second-order valence-corrected chi connectivity index (χ2v) is 5.62. The highest BCUT2D eigenvalue weighted by Crippen LogP contribution is 2.26. The Kier molecular flexibility index (Phi) is 5.48. The Balaban J connectivity index is 1.59. The van der Waals surface area contributed by atoms with Crippen LogP contribution in [-0.2, 0) is 9.59 Å². The number of rotatable bonds is 6. The summed E-state index contributed by atoms with van der Waals surface area (Å²) in [6.07, 6.45) is 4.06. The molecule has 1 aromatic heterocycles. The molecule has 3 rings (SSSR count). The number of nitrogens with one attached hydrogen (secondary N) is 2. The molecule has 2 amide bonds. The van der Waals surface area contributed by atoms with E-state index in [2.05, 4.69) is 15.6 Å². The molecule has 134 valence electrons. The maximum Gasteiger partial charge on any atom is 0.263 e. The molecule has 7 nitrogen and oxygen atoms in total. The van der Waals surface area contributed by atoms with Gasteiger partial charge in [0.1, 0.15) is 11.6 Å². The van der Waals surface area contributed by atoms with Crippen LogP contribution in [0.4, 0.5) is 11.6 Å². The molecule has 0 radical (unpaired) electrons. The summed E-state index contributed by atoms with van der Waals surface area (Å²) < 4.78 is 10.7. The third-order valence-corrected chi connectivity index (χ3v) is 3.51. The fraction of sp³-hybridized carbons (Fsp3) is 0.211. The summed E-state index contributed by atoms with van der Waals surface area (Å²) in [6, 6.07) is 10.7. The van der Waals surface area contributed by atoms with Gasteiger partial charge in [0.05, 0.1) is 6.61 Å². The normalized spacial score (nSPS) is 12.9. The molecule has 1 aliphatic rings. The number of hydrogen-bond acceptors (Lipinski definition) is 5. The Morgan fingerprint density at radius 3 is 2.88 bits per heavy atom. The summed E-state index contributed by atoms with van der Waals surface area (Å²) in [5, 5.41) is 5.24. The zero-order chi connectivity index (χ0) is 18.4. The van der Waals surface area contributed by atoms with E-state index in [0.29, 0.717) is 24.0 Å². The van der Waals surface area contributed by atoms with Crippen molar-refractivity contribution in [2.45, 2.75) is 13.3 Å². The lowest BCUT2D eigenvalue weighted by molar-refractivity contribution is -0.118. The molecule has 2 N–H and O–H groups in total. The fourth-order valence-corrected chi connectivity index (χ4v) is 2.27. The summed E-state index contributed by atoms with van der Waals surface area (Å²) in [6.45, 7) is 2.69. The molecule has 0 unspecified atom stereocenters. The molecule has 1 aliphatic heterocycles. The van der Waals surface area contributed by atoms with Gasteiger partial charge >= 0.3 is 0 Å². The van der Waals surface area contributed by atoms with Gasteiger partial charge in [-0.15, -0.1) is 0 Å². The van der Waals surface area contributed by atoms with Crippen LogP contribution in [0.5, 0.6) is 11.5 Å². The van der Waals surface area contributed by atoms with Crippen LogP contribution in [0.1, 0.15) is 18.9 Å². The van der Waals surface area contributed by atoms with Crippen molar-refractivity contribution in [1.29, 1.82) is 0 Å². The summed E-state index contributed by atoms with van der Waals surface area (Å²) in [5.41, 5.74) is 0.878. The number of carbonyl (C=O) groups excluding carboxylic acids is 2. The van der Waals surface area contributed by atoms with Crippen LogP contribution in [0, 0.1) is 0 Å². The zero-order valence-corrected chi connectivity index (χ0v) is 14.3. The van der Waals surface area contributed by atoms with Gasteiger partial charge in [-0.3, -0.25) is 9.59 Å². The highest BCUT2D eigenvalue weighted by Gasteiger charge is 2.17. The van der Waals surface area contributed by atoms with E-state index >= 15 is 0 Å². The number of nitrogens with zero attached hydrogens (tertiary/aromatic N) is 1. The Morgan fingerprint density at radius 1 is 1.31 bits per heavy atom. The monoisotopic (exact) mass is 353 g/mol. The predicted octanol–water partition coefficient (Wildman–Crippen LogP) is 2.85. The van der Waals surface area contributed by atoms with E-state index in [-0.39, 0.29) is 18.4 Å². The molecular formula is C19H19N3O4. The highest BCUT2D eigenvalue weighted by molar-refractivity contribution is 6.02. The molecule has 2 aromatic rings. The van der Waals surface area contributed by atoms with E-state index < -0.39 is 0 Å². The van der Waals surface area contributed by atoms with Crippen LogP contribution < -0.4 is 20.1 Å². The summed E-state index contributed by atoms with van der Waals surface area (Å²) in [4.78, 5) is 27.5. The Bertz CT molecular complexity index is 831. The minimum Gasteiger partial charge on any atom is -0.494 e. The third-order valence-electron chi connectivity index (χ3n) is 3.51. The van der Waals surface area contributed by atoms with Crippen molar-refractivity contribution in [2.24, 2.45) is 0 Å². The zero-order valence-electron chi connectivity index (χ0n) is 14.3. The second kappa shape index (κ2) is 8.15. The number of pyridine rings is 1. The van der Waals surface area contributed by atoms with Crippen LogP contribution >= 0.6 is 0 Å². The predicted molar refractivity (Wildman–Crippen MR) is 98.3 cm³/mol. The van der Waals surface area contributed by atoms with Crippen LogP contribution in [0.25, 0.3) is 6.08 Å². The van der Waals surface area contributed by atoms with Crippen molar-refractivity contribution in [3.63, 3.8) is 0 Å². The van der Waals surface area contributed by atoms with E-state index in [4.69, 9.17) is 9.47 Å². The smallest absolute Gasteiger partial charge is 0.263 e. The van der Waals surface area contributed by atoms with Gasteiger partial charge in [-0.25, -0.2) is 4.98 Å². The van der Waals surface area contributed by atoms with Gasteiger partial charge in [0, 0.05) is 6.08 Å². The van der Waals surface area contributed by atoms with Gasteiger partial charge in [0.15, 0.2) is 18.2 Å². The number of hydrogen-bond donors (Lipinski definition) is 2. The average molecular weight is 353 g/mol. The minimum absolute atomic E-state index is 0.0363. The molecule has 0 saturated heterocycles. The summed E-state index contributed by atoms with van der Waals surface area (Å²) >= 11 is 0. The number of fused-ring (bicyclic) bond motifs is 1. The fourth-order valence-electron chi connectivity index (χ4n) is 2.27. The van der Waals surface area contributed by atoms with Crippen LogP contribution in [-0.4, -0.2) is 30.0 Å². The minimum atomic E-state index is -0.327. The number of ether oxygens (including phenoxy) is 2. The van der Waals surface area contributed by atoms with Crippen LogP contribution in [0.3, 0.4) is 0 Å². The van der Waals surface area contributed by atoms with Gasteiger partial charge in [-0.2, -0.15) is 0 Å². The number of benzene rings is 1. The lowest BCUT2D eigenvalue weighted by atomic mass is 10.2. The largest absolute Gasteiger partial charge is 0.494 e. The standard InChI is InChI=1S/C19H19N3O4/c1-2-11-25-14-6-3-13(4-7-14)5-10-17(23)20-16-9-8-15-19(21-16)22-18(24)12-26-15/h3-10H,2,11-12H2,1H3,(H2,20,21,22,23,24)/b10-5+.